The Morgan fingerprint density at radius 2 is 1.86 bits per heavy atom. The molecule has 0 N–H and O–H groups in total. The third-order valence-electron chi connectivity index (χ3n) is 3.28. The fraction of sp³-hybridized carbons (Fsp3) is 0.182. The van der Waals surface area contributed by atoms with Crippen molar-refractivity contribution in [2.45, 2.75) is 26.7 Å². The molecule has 0 aliphatic carbocycles. The van der Waals surface area contributed by atoms with Gasteiger partial charge in [0.15, 0.2) is 0 Å². The van der Waals surface area contributed by atoms with Crippen LogP contribution in [-0.2, 0) is 6.42 Å². The van der Waals surface area contributed by atoms with E-state index in [1.165, 1.54) is 11.1 Å². The second-order valence-electron chi connectivity index (χ2n) is 4.87. The second kappa shape index (κ2) is 10.2. The van der Waals surface area contributed by atoms with Crippen molar-refractivity contribution in [1.29, 1.82) is 0 Å². The highest BCUT2D eigenvalue weighted by Crippen LogP contribution is 2.11. The molecule has 0 nitrogen and oxygen atoms in total. The average molecular weight is 288 g/mol. The molecular weight excluding hydrogens is 264 g/mol. The maximum Gasteiger partial charge on any atom is 0.0249 e. The van der Waals surface area contributed by atoms with Crippen LogP contribution in [-0.4, -0.2) is 0 Å². The lowest BCUT2D eigenvalue weighted by Gasteiger charge is -2.03. The first kappa shape index (κ1) is 17.5. The predicted molar refractivity (Wildman–Crippen MR) is 98.7 cm³/mol. The molecule has 0 aliphatic rings. The lowest BCUT2D eigenvalue weighted by molar-refractivity contribution is 0.962. The number of hydrogen-bond acceptors (Lipinski definition) is 0. The highest BCUT2D eigenvalue weighted by atomic mass is 14.0. The van der Waals surface area contributed by atoms with Crippen LogP contribution in [0.15, 0.2) is 85.0 Å². The summed E-state index contributed by atoms with van der Waals surface area (Å²) in [5.41, 5.74) is 4.60. The van der Waals surface area contributed by atoms with Gasteiger partial charge in [0, 0.05) is 11.1 Å². The molecule has 0 atom stereocenters. The molecule has 1 rings (SSSR count). The second-order valence-corrected chi connectivity index (χ2v) is 4.87. The smallest absolute Gasteiger partial charge is 0.0249 e. The van der Waals surface area contributed by atoms with Gasteiger partial charge in [0.2, 0.25) is 0 Å². The van der Waals surface area contributed by atoms with Gasteiger partial charge in [-0.25, -0.2) is 0 Å². The van der Waals surface area contributed by atoms with E-state index in [0.717, 1.165) is 24.0 Å². The largest absolute Gasteiger partial charge is 0.0990 e. The van der Waals surface area contributed by atoms with Crippen molar-refractivity contribution in [3.05, 3.63) is 96.2 Å². The molecule has 0 heterocycles. The number of allylic oxidation sites excluding steroid dienone is 8. The number of hydrogen-bond donors (Lipinski definition) is 0. The Kier molecular flexibility index (Phi) is 8.16. The molecule has 0 radical (unpaired) electrons. The lowest BCUT2D eigenvalue weighted by Crippen LogP contribution is -1.88. The van der Waals surface area contributed by atoms with E-state index in [1.54, 1.807) is 12.2 Å². The zero-order chi connectivity index (χ0) is 16.2. The maximum atomic E-state index is 3.74. The van der Waals surface area contributed by atoms with Crippen LogP contribution in [0, 0.1) is 11.8 Å². The Labute approximate surface area is 135 Å². The Balaban J connectivity index is 2.71. The molecule has 0 saturated carbocycles. The van der Waals surface area contributed by atoms with Gasteiger partial charge >= 0.3 is 0 Å². The summed E-state index contributed by atoms with van der Waals surface area (Å²) in [5.74, 6) is 6.23. The highest BCUT2D eigenvalue weighted by molar-refractivity contribution is 5.46. The van der Waals surface area contributed by atoms with Crippen LogP contribution in [0.25, 0.3) is 0 Å². The summed E-state index contributed by atoms with van der Waals surface area (Å²) in [5, 5.41) is 0. The Morgan fingerprint density at radius 3 is 2.41 bits per heavy atom. The number of rotatable bonds is 6. The van der Waals surface area contributed by atoms with Crippen molar-refractivity contribution in [3.63, 3.8) is 0 Å². The van der Waals surface area contributed by atoms with Crippen LogP contribution < -0.4 is 0 Å². The summed E-state index contributed by atoms with van der Waals surface area (Å²) < 4.78 is 0. The van der Waals surface area contributed by atoms with Crippen molar-refractivity contribution < 1.29 is 0 Å². The Bertz CT molecular complexity index is 638. The molecule has 0 aromatic heterocycles. The fourth-order valence-corrected chi connectivity index (χ4v) is 2.01. The van der Waals surface area contributed by atoms with Gasteiger partial charge < -0.3 is 0 Å². The van der Waals surface area contributed by atoms with Crippen molar-refractivity contribution in [2.75, 3.05) is 0 Å². The van der Waals surface area contributed by atoms with E-state index in [-0.39, 0.29) is 0 Å². The van der Waals surface area contributed by atoms with Gasteiger partial charge in [0.05, 0.1) is 0 Å². The SMILES string of the molecule is C=C/C=C(/C#Cc1ccc(CCC(/C=C\C)=C/C)cc1)C=C. The molecule has 0 unspecified atom stereocenters. The number of benzene rings is 1. The third-order valence-corrected chi connectivity index (χ3v) is 3.28. The molecule has 0 amide bonds. The van der Waals surface area contributed by atoms with E-state index in [1.807, 2.05) is 6.08 Å². The van der Waals surface area contributed by atoms with Gasteiger partial charge in [-0.1, -0.05) is 73.1 Å². The van der Waals surface area contributed by atoms with Crippen molar-refractivity contribution in [2.24, 2.45) is 0 Å². The van der Waals surface area contributed by atoms with E-state index < -0.39 is 0 Å². The highest BCUT2D eigenvalue weighted by Gasteiger charge is 1.96. The first-order valence-corrected chi connectivity index (χ1v) is 7.57. The first-order chi connectivity index (χ1) is 10.7. The molecule has 0 saturated heterocycles. The standard InChI is InChI=1S/C22H24/c1-5-9-19(7-3)11-13-21-15-17-22(18-16-21)14-12-20(8-4)10-6-2/h5-10,15-18H,1,3,12,14H2,2,4H3/b10-6-,19-9+,20-8+. The monoisotopic (exact) mass is 288 g/mol. The molecule has 0 bridgehead atoms. The molecule has 0 fully saturated rings. The van der Waals surface area contributed by atoms with E-state index in [0.29, 0.717) is 0 Å². The van der Waals surface area contributed by atoms with Gasteiger partial charge in [-0.15, -0.1) is 0 Å². The van der Waals surface area contributed by atoms with Crippen molar-refractivity contribution in [1.82, 2.24) is 0 Å². The molecule has 1 aromatic rings. The lowest BCUT2D eigenvalue weighted by atomic mass is 10.0. The minimum Gasteiger partial charge on any atom is -0.0990 e. The quantitative estimate of drug-likeness (QED) is 0.459. The minimum atomic E-state index is 0.878. The molecule has 0 heteroatoms. The topological polar surface area (TPSA) is 0 Å². The molecule has 22 heavy (non-hydrogen) atoms. The van der Waals surface area contributed by atoms with E-state index in [4.69, 9.17) is 0 Å². The van der Waals surface area contributed by atoms with Crippen molar-refractivity contribution >= 4 is 0 Å². The van der Waals surface area contributed by atoms with E-state index in [9.17, 15) is 0 Å². The first-order valence-electron chi connectivity index (χ1n) is 7.57. The maximum absolute atomic E-state index is 3.74. The summed E-state index contributed by atoms with van der Waals surface area (Å²) in [6.07, 6.45) is 13.9. The third kappa shape index (κ3) is 6.29. The molecule has 0 spiro atoms. The summed E-state index contributed by atoms with van der Waals surface area (Å²) >= 11 is 0. The molecule has 1 aromatic carbocycles. The van der Waals surface area contributed by atoms with E-state index >= 15 is 0 Å². The van der Waals surface area contributed by atoms with Crippen LogP contribution in [0.2, 0.25) is 0 Å². The van der Waals surface area contributed by atoms with Crippen LogP contribution in [0.3, 0.4) is 0 Å². The van der Waals surface area contributed by atoms with Gasteiger partial charge in [0.25, 0.3) is 0 Å². The summed E-state index contributed by atoms with van der Waals surface area (Å²) in [6, 6.07) is 8.44. The average Bonchev–Trinajstić information content (AvgIpc) is 2.56. The van der Waals surface area contributed by atoms with Gasteiger partial charge in [0.1, 0.15) is 0 Å². The minimum absolute atomic E-state index is 0.878. The van der Waals surface area contributed by atoms with E-state index in [2.05, 4.69) is 81.3 Å². The van der Waals surface area contributed by atoms with Gasteiger partial charge in [-0.2, -0.15) is 0 Å². The van der Waals surface area contributed by atoms with Crippen LogP contribution in [0.1, 0.15) is 31.4 Å². The zero-order valence-electron chi connectivity index (χ0n) is 13.6. The fourth-order valence-electron chi connectivity index (χ4n) is 2.01. The zero-order valence-corrected chi connectivity index (χ0v) is 13.6. The molecule has 112 valence electrons. The normalized spacial score (nSPS) is 11.9. The Morgan fingerprint density at radius 1 is 1.14 bits per heavy atom. The van der Waals surface area contributed by atoms with Crippen LogP contribution in [0.4, 0.5) is 0 Å². The van der Waals surface area contributed by atoms with Crippen LogP contribution >= 0.6 is 0 Å². The van der Waals surface area contributed by atoms with Gasteiger partial charge in [-0.05, 0) is 50.5 Å². The Hall–Kier alpha value is -2.52. The van der Waals surface area contributed by atoms with Gasteiger partial charge in [-0.3, -0.25) is 0 Å². The molecular formula is C22H24. The predicted octanol–water partition coefficient (Wildman–Crippen LogP) is 5.79. The number of aryl methyl sites for hydroxylation is 1. The van der Waals surface area contributed by atoms with Crippen LogP contribution in [0.5, 0.6) is 0 Å². The summed E-state index contributed by atoms with van der Waals surface area (Å²) in [4.78, 5) is 0. The summed E-state index contributed by atoms with van der Waals surface area (Å²) in [7, 11) is 0. The van der Waals surface area contributed by atoms with Crippen molar-refractivity contribution in [3.8, 4) is 11.8 Å². The molecule has 0 aliphatic heterocycles. The summed E-state index contributed by atoms with van der Waals surface area (Å²) in [6.45, 7) is 11.5.